The largest absolute Gasteiger partial charge is 0.419 e. The molecule has 0 radical (unpaired) electrons. The van der Waals surface area contributed by atoms with Crippen molar-refractivity contribution in [2.24, 2.45) is 0 Å². The number of cyclic esters (lactones) is 2. The molecule has 124 valence electrons. The smallest absolute Gasteiger partial charge is 0.348 e. The molecule has 0 spiro atoms. The molecule has 5 heteroatoms. The Kier molecular flexibility index (Phi) is 5.21. The molecule has 0 bridgehead atoms. The van der Waals surface area contributed by atoms with Gasteiger partial charge in [-0.15, -0.1) is 0 Å². The van der Waals surface area contributed by atoms with Crippen LogP contribution < -0.4 is 0 Å². The summed E-state index contributed by atoms with van der Waals surface area (Å²) in [5.41, 5.74) is 1.52. The number of hydrogen-bond donors (Lipinski definition) is 0. The maximum Gasteiger partial charge on any atom is 0.348 e. The second kappa shape index (κ2) is 6.96. The SMILES string of the molecule is CCC(C)OCc1ccccc1C=C1C(=O)OC(C)(C)OC1=O. The topological polar surface area (TPSA) is 61.8 Å². The van der Waals surface area contributed by atoms with E-state index in [0.29, 0.717) is 6.61 Å². The third-order valence-electron chi connectivity index (χ3n) is 3.57. The lowest BCUT2D eigenvalue weighted by Crippen LogP contribution is -2.41. The van der Waals surface area contributed by atoms with Gasteiger partial charge in [0.25, 0.3) is 5.79 Å². The summed E-state index contributed by atoms with van der Waals surface area (Å²) in [5, 5.41) is 0. The maximum absolute atomic E-state index is 12.0. The molecule has 1 aliphatic heterocycles. The summed E-state index contributed by atoms with van der Waals surface area (Å²) >= 11 is 0. The molecule has 0 aliphatic carbocycles. The first kappa shape index (κ1) is 17.2. The van der Waals surface area contributed by atoms with Crippen LogP contribution in [0.4, 0.5) is 0 Å². The minimum Gasteiger partial charge on any atom is -0.419 e. The fourth-order valence-corrected chi connectivity index (χ4v) is 2.09. The highest BCUT2D eigenvalue weighted by molar-refractivity contribution is 6.18. The van der Waals surface area contributed by atoms with Crippen LogP contribution >= 0.6 is 0 Å². The molecule has 2 rings (SSSR count). The maximum atomic E-state index is 12.0. The molecule has 1 atom stereocenters. The van der Waals surface area contributed by atoms with E-state index < -0.39 is 17.7 Å². The number of hydrogen-bond acceptors (Lipinski definition) is 5. The normalized spacial score (nSPS) is 18.2. The van der Waals surface area contributed by atoms with Crippen molar-refractivity contribution in [3.05, 3.63) is 41.0 Å². The minimum atomic E-state index is -1.23. The van der Waals surface area contributed by atoms with Gasteiger partial charge < -0.3 is 14.2 Å². The molecule has 1 aromatic rings. The van der Waals surface area contributed by atoms with Gasteiger partial charge in [-0.2, -0.15) is 0 Å². The Bertz CT molecular complexity index is 608. The van der Waals surface area contributed by atoms with Crippen LogP contribution in [0.1, 0.15) is 45.2 Å². The zero-order valence-corrected chi connectivity index (χ0v) is 13.9. The molecule has 1 saturated heterocycles. The molecule has 0 N–H and O–H groups in total. The number of ether oxygens (including phenoxy) is 3. The Morgan fingerprint density at radius 2 is 1.78 bits per heavy atom. The van der Waals surface area contributed by atoms with Crippen LogP contribution in [0.5, 0.6) is 0 Å². The predicted octanol–water partition coefficient (Wildman–Crippen LogP) is 3.22. The van der Waals surface area contributed by atoms with E-state index in [1.807, 2.05) is 38.1 Å². The highest BCUT2D eigenvalue weighted by atomic mass is 16.7. The first-order chi connectivity index (χ1) is 10.8. The van der Waals surface area contributed by atoms with Gasteiger partial charge in [-0.25, -0.2) is 9.59 Å². The molecule has 0 aromatic heterocycles. The van der Waals surface area contributed by atoms with Crippen LogP contribution in [-0.2, 0) is 30.4 Å². The van der Waals surface area contributed by atoms with Gasteiger partial charge in [0.05, 0.1) is 12.7 Å². The van der Waals surface area contributed by atoms with Gasteiger partial charge in [0.1, 0.15) is 5.57 Å². The van der Waals surface area contributed by atoms with Gasteiger partial charge >= 0.3 is 11.9 Å². The zero-order valence-electron chi connectivity index (χ0n) is 13.9. The second-order valence-corrected chi connectivity index (χ2v) is 5.97. The van der Waals surface area contributed by atoms with E-state index in [0.717, 1.165) is 17.5 Å². The molecule has 0 saturated carbocycles. The lowest BCUT2D eigenvalue weighted by Gasteiger charge is -2.29. The van der Waals surface area contributed by atoms with E-state index in [1.165, 1.54) is 19.9 Å². The van der Waals surface area contributed by atoms with Gasteiger partial charge in [-0.3, -0.25) is 0 Å². The van der Waals surface area contributed by atoms with E-state index >= 15 is 0 Å². The fraction of sp³-hybridized carbons (Fsp3) is 0.444. The molecule has 23 heavy (non-hydrogen) atoms. The van der Waals surface area contributed by atoms with Crippen LogP contribution in [0.15, 0.2) is 29.8 Å². The molecular formula is C18H22O5. The average Bonchev–Trinajstić information content (AvgIpc) is 2.48. The summed E-state index contributed by atoms with van der Waals surface area (Å²) in [7, 11) is 0. The van der Waals surface area contributed by atoms with Crippen LogP contribution in [0, 0.1) is 0 Å². The second-order valence-electron chi connectivity index (χ2n) is 5.97. The summed E-state index contributed by atoms with van der Waals surface area (Å²) in [6.07, 6.45) is 2.55. The number of rotatable bonds is 5. The monoisotopic (exact) mass is 318 g/mol. The van der Waals surface area contributed by atoms with Crippen LogP contribution in [0.3, 0.4) is 0 Å². The molecule has 1 fully saturated rings. The van der Waals surface area contributed by atoms with Crippen molar-refractivity contribution in [2.45, 2.75) is 52.6 Å². The lowest BCUT2D eigenvalue weighted by atomic mass is 10.0. The Balaban J connectivity index is 2.25. The Morgan fingerprint density at radius 3 is 2.39 bits per heavy atom. The average molecular weight is 318 g/mol. The summed E-state index contributed by atoms with van der Waals surface area (Å²) in [5.74, 6) is -2.59. The third kappa shape index (κ3) is 4.42. The van der Waals surface area contributed by atoms with Crippen molar-refractivity contribution >= 4 is 18.0 Å². The van der Waals surface area contributed by atoms with Crippen molar-refractivity contribution in [3.8, 4) is 0 Å². The molecule has 1 heterocycles. The van der Waals surface area contributed by atoms with Crippen LogP contribution in [0.2, 0.25) is 0 Å². The number of carbonyl (C=O) groups is 2. The third-order valence-corrected chi connectivity index (χ3v) is 3.57. The van der Waals surface area contributed by atoms with E-state index in [1.54, 1.807) is 0 Å². The van der Waals surface area contributed by atoms with Gasteiger partial charge in [-0.1, -0.05) is 31.2 Å². The van der Waals surface area contributed by atoms with Crippen molar-refractivity contribution in [2.75, 3.05) is 0 Å². The van der Waals surface area contributed by atoms with Crippen molar-refractivity contribution in [1.82, 2.24) is 0 Å². The number of benzene rings is 1. The summed E-state index contributed by atoms with van der Waals surface area (Å²) < 4.78 is 15.9. The first-order valence-electron chi connectivity index (χ1n) is 7.70. The number of esters is 2. The molecule has 1 aromatic carbocycles. The quantitative estimate of drug-likeness (QED) is 0.474. The number of carbonyl (C=O) groups excluding carboxylic acids is 2. The van der Waals surface area contributed by atoms with Gasteiger partial charge in [0.2, 0.25) is 0 Å². The highest BCUT2D eigenvalue weighted by Crippen LogP contribution is 2.25. The minimum absolute atomic E-state index is 0.111. The van der Waals surface area contributed by atoms with E-state index in [-0.39, 0.29) is 11.7 Å². The molecule has 1 aliphatic rings. The predicted molar refractivity (Wildman–Crippen MR) is 85.2 cm³/mol. The van der Waals surface area contributed by atoms with E-state index in [2.05, 4.69) is 0 Å². The van der Waals surface area contributed by atoms with E-state index in [9.17, 15) is 9.59 Å². The standard InChI is InChI=1S/C18H22O5/c1-5-12(2)21-11-14-9-7-6-8-13(14)10-15-16(19)22-18(3,4)23-17(15)20/h6-10,12H,5,11H2,1-4H3. The van der Waals surface area contributed by atoms with E-state index in [4.69, 9.17) is 14.2 Å². The zero-order chi connectivity index (χ0) is 17.0. The first-order valence-corrected chi connectivity index (χ1v) is 7.70. The Labute approximate surface area is 136 Å². The molecule has 5 nitrogen and oxygen atoms in total. The van der Waals surface area contributed by atoms with Crippen molar-refractivity contribution < 1.29 is 23.8 Å². The van der Waals surface area contributed by atoms with Crippen molar-refractivity contribution in [3.63, 3.8) is 0 Å². The van der Waals surface area contributed by atoms with Gasteiger partial charge in [-0.05, 0) is 30.5 Å². The molecule has 0 amide bonds. The Hall–Kier alpha value is -2.14. The fourth-order valence-electron chi connectivity index (χ4n) is 2.09. The Morgan fingerprint density at radius 1 is 1.17 bits per heavy atom. The molecule has 1 unspecified atom stereocenters. The van der Waals surface area contributed by atoms with Gasteiger partial charge in [0.15, 0.2) is 0 Å². The van der Waals surface area contributed by atoms with Crippen LogP contribution in [-0.4, -0.2) is 23.8 Å². The van der Waals surface area contributed by atoms with Crippen molar-refractivity contribution in [1.29, 1.82) is 0 Å². The molecular weight excluding hydrogens is 296 g/mol. The lowest BCUT2D eigenvalue weighted by molar-refractivity contribution is -0.222. The summed E-state index contributed by atoms with van der Waals surface area (Å²) in [6, 6.07) is 7.45. The highest BCUT2D eigenvalue weighted by Gasteiger charge is 2.38. The summed E-state index contributed by atoms with van der Waals surface area (Å²) in [6.45, 7) is 7.50. The van der Waals surface area contributed by atoms with Crippen LogP contribution in [0.25, 0.3) is 6.08 Å². The van der Waals surface area contributed by atoms with Gasteiger partial charge in [0, 0.05) is 13.8 Å². The summed E-state index contributed by atoms with van der Waals surface area (Å²) in [4.78, 5) is 24.1.